The second-order valence-corrected chi connectivity index (χ2v) is 12.1. The first kappa shape index (κ1) is 36.8. The van der Waals surface area contributed by atoms with Gasteiger partial charge >= 0.3 is 0 Å². The molecule has 0 N–H and O–H groups in total. The standard InChI is InChI=1S/C32H68NO4/c1-7-8-9-10-11-12-13-14-15-16-17-18-19-20-22-31(2)37-32(3)23-27-34-25-21-26-35-29-30-36-28-24-33(4,5)6/h31-32H,7-30H2,1-6H3/q+1. The molecule has 2 atom stereocenters. The summed E-state index contributed by atoms with van der Waals surface area (Å²) in [4.78, 5) is 0. The second kappa shape index (κ2) is 27.4. The highest BCUT2D eigenvalue weighted by Crippen LogP contribution is 2.15. The first-order valence-electron chi connectivity index (χ1n) is 16.0. The van der Waals surface area contributed by atoms with Crippen LogP contribution in [0, 0.1) is 0 Å². The number of hydrogen-bond donors (Lipinski definition) is 0. The van der Waals surface area contributed by atoms with Gasteiger partial charge in [0.1, 0.15) is 6.54 Å². The summed E-state index contributed by atoms with van der Waals surface area (Å²) in [6.07, 6.45) is 23.5. The largest absolute Gasteiger partial charge is 0.381 e. The molecule has 0 saturated carbocycles. The Morgan fingerprint density at radius 1 is 0.459 bits per heavy atom. The molecular formula is C32H68NO4+. The lowest BCUT2D eigenvalue weighted by Crippen LogP contribution is -2.37. The summed E-state index contributed by atoms with van der Waals surface area (Å²) in [5.74, 6) is 0. The fraction of sp³-hybridized carbons (Fsp3) is 1.00. The van der Waals surface area contributed by atoms with E-state index in [1.165, 1.54) is 96.3 Å². The molecular weight excluding hydrogens is 462 g/mol. The van der Waals surface area contributed by atoms with Crippen LogP contribution in [-0.2, 0) is 18.9 Å². The van der Waals surface area contributed by atoms with Gasteiger partial charge in [-0.1, -0.05) is 96.8 Å². The Bertz CT molecular complexity index is 441. The number of quaternary nitrogens is 1. The smallest absolute Gasteiger partial charge is 0.102 e. The minimum Gasteiger partial charge on any atom is -0.381 e. The van der Waals surface area contributed by atoms with Crippen molar-refractivity contribution in [2.75, 3.05) is 67.3 Å². The molecule has 0 aromatic heterocycles. The zero-order valence-corrected chi connectivity index (χ0v) is 26.2. The van der Waals surface area contributed by atoms with Crippen molar-refractivity contribution < 1.29 is 23.4 Å². The number of hydrogen-bond acceptors (Lipinski definition) is 4. The third-order valence-corrected chi connectivity index (χ3v) is 6.95. The molecule has 5 nitrogen and oxygen atoms in total. The Morgan fingerprint density at radius 3 is 1.41 bits per heavy atom. The molecule has 0 radical (unpaired) electrons. The van der Waals surface area contributed by atoms with Gasteiger partial charge in [0.05, 0.1) is 53.2 Å². The SMILES string of the molecule is CCCCCCCCCCCCCCCCC(C)OC(C)CCOCCCOCCOCC[N+](C)(C)C. The summed E-state index contributed by atoms with van der Waals surface area (Å²) in [7, 11) is 6.53. The van der Waals surface area contributed by atoms with Crippen LogP contribution in [-0.4, -0.2) is 84.0 Å². The highest BCUT2D eigenvalue weighted by molar-refractivity contribution is 4.57. The van der Waals surface area contributed by atoms with Crippen LogP contribution in [0.4, 0.5) is 0 Å². The van der Waals surface area contributed by atoms with E-state index in [9.17, 15) is 0 Å². The van der Waals surface area contributed by atoms with Crippen LogP contribution in [0.15, 0.2) is 0 Å². The van der Waals surface area contributed by atoms with E-state index in [4.69, 9.17) is 18.9 Å². The third-order valence-electron chi connectivity index (χ3n) is 6.95. The Morgan fingerprint density at radius 2 is 0.892 bits per heavy atom. The van der Waals surface area contributed by atoms with Crippen molar-refractivity contribution in [2.45, 2.75) is 142 Å². The lowest BCUT2D eigenvalue weighted by atomic mass is 10.0. The quantitative estimate of drug-likeness (QED) is 0.0693. The average molecular weight is 531 g/mol. The van der Waals surface area contributed by atoms with Crippen LogP contribution in [0.5, 0.6) is 0 Å². The maximum absolute atomic E-state index is 6.16. The van der Waals surface area contributed by atoms with Crippen molar-refractivity contribution in [1.82, 2.24) is 0 Å². The number of rotatable bonds is 30. The van der Waals surface area contributed by atoms with Crippen molar-refractivity contribution >= 4 is 0 Å². The molecule has 2 unspecified atom stereocenters. The van der Waals surface area contributed by atoms with E-state index in [0.29, 0.717) is 19.3 Å². The molecule has 0 aromatic rings. The molecule has 0 aliphatic carbocycles. The van der Waals surface area contributed by atoms with E-state index in [-0.39, 0.29) is 6.10 Å². The van der Waals surface area contributed by atoms with Crippen LogP contribution in [0.1, 0.15) is 130 Å². The van der Waals surface area contributed by atoms with Crippen molar-refractivity contribution in [3.8, 4) is 0 Å². The van der Waals surface area contributed by atoms with E-state index >= 15 is 0 Å². The number of ether oxygens (including phenoxy) is 4. The van der Waals surface area contributed by atoms with Gasteiger partial charge in [0.15, 0.2) is 0 Å². The Labute approximate surface area is 232 Å². The van der Waals surface area contributed by atoms with Crippen LogP contribution >= 0.6 is 0 Å². The number of unbranched alkanes of at least 4 members (excludes halogenated alkanes) is 13. The second-order valence-electron chi connectivity index (χ2n) is 12.1. The lowest BCUT2D eigenvalue weighted by Gasteiger charge is -2.23. The predicted octanol–water partition coefficient (Wildman–Crippen LogP) is 8.19. The lowest BCUT2D eigenvalue weighted by molar-refractivity contribution is -0.870. The van der Waals surface area contributed by atoms with Crippen LogP contribution in [0.25, 0.3) is 0 Å². The molecule has 0 heterocycles. The molecule has 0 bridgehead atoms. The van der Waals surface area contributed by atoms with Gasteiger partial charge in [-0.2, -0.15) is 0 Å². The molecule has 0 aliphatic rings. The Kier molecular flexibility index (Phi) is 27.2. The minimum atomic E-state index is 0.266. The van der Waals surface area contributed by atoms with Gasteiger partial charge in [-0.3, -0.25) is 0 Å². The Hall–Kier alpha value is -0.200. The molecule has 0 saturated heterocycles. The normalized spacial score (nSPS) is 13.8. The highest BCUT2D eigenvalue weighted by Gasteiger charge is 2.09. The van der Waals surface area contributed by atoms with Crippen molar-refractivity contribution in [3.63, 3.8) is 0 Å². The number of likely N-dealkylation sites (N-methyl/N-ethyl adjacent to an activating group) is 1. The van der Waals surface area contributed by atoms with Crippen molar-refractivity contribution in [2.24, 2.45) is 0 Å². The topological polar surface area (TPSA) is 36.9 Å². The van der Waals surface area contributed by atoms with Crippen LogP contribution in [0.2, 0.25) is 0 Å². The van der Waals surface area contributed by atoms with Gasteiger partial charge in [0.25, 0.3) is 0 Å². The van der Waals surface area contributed by atoms with Gasteiger partial charge in [0.2, 0.25) is 0 Å². The molecule has 0 spiro atoms. The predicted molar refractivity (Wildman–Crippen MR) is 160 cm³/mol. The molecule has 0 aromatic carbocycles. The van der Waals surface area contributed by atoms with Gasteiger partial charge in [0, 0.05) is 19.8 Å². The van der Waals surface area contributed by atoms with E-state index in [1.807, 2.05) is 0 Å². The van der Waals surface area contributed by atoms with Gasteiger partial charge in [-0.25, -0.2) is 0 Å². The van der Waals surface area contributed by atoms with Gasteiger partial charge in [-0.05, 0) is 33.1 Å². The van der Waals surface area contributed by atoms with Crippen LogP contribution in [0.3, 0.4) is 0 Å². The summed E-state index contributed by atoms with van der Waals surface area (Å²) in [6.45, 7) is 12.1. The average Bonchev–Trinajstić information content (AvgIpc) is 2.84. The first-order valence-corrected chi connectivity index (χ1v) is 16.0. The van der Waals surface area contributed by atoms with Crippen LogP contribution < -0.4 is 0 Å². The molecule has 0 rings (SSSR count). The Balaban J connectivity index is 3.30. The van der Waals surface area contributed by atoms with Gasteiger partial charge in [-0.15, -0.1) is 0 Å². The molecule has 224 valence electrons. The maximum Gasteiger partial charge on any atom is 0.102 e. The zero-order valence-electron chi connectivity index (χ0n) is 26.2. The van der Waals surface area contributed by atoms with Gasteiger partial charge < -0.3 is 23.4 Å². The van der Waals surface area contributed by atoms with E-state index in [2.05, 4.69) is 41.9 Å². The van der Waals surface area contributed by atoms with E-state index in [1.54, 1.807) is 0 Å². The fourth-order valence-corrected chi connectivity index (χ4v) is 4.43. The molecule has 5 heteroatoms. The highest BCUT2D eigenvalue weighted by atomic mass is 16.5. The first-order chi connectivity index (χ1) is 17.8. The third kappa shape index (κ3) is 31.9. The summed E-state index contributed by atoms with van der Waals surface area (Å²) in [5.41, 5.74) is 0. The molecule has 37 heavy (non-hydrogen) atoms. The minimum absolute atomic E-state index is 0.266. The monoisotopic (exact) mass is 531 g/mol. The summed E-state index contributed by atoms with van der Waals surface area (Å²) in [6, 6.07) is 0. The molecule has 0 fully saturated rings. The molecule has 0 amide bonds. The zero-order chi connectivity index (χ0) is 27.5. The van der Waals surface area contributed by atoms with E-state index < -0.39 is 0 Å². The maximum atomic E-state index is 6.16. The van der Waals surface area contributed by atoms with Crippen molar-refractivity contribution in [1.29, 1.82) is 0 Å². The van der Waals surface area contributed by atoms with E-state index in [0.717, 1.165) is 50.3 Å². The molecule has 0 aliphatic heterocycles. The van der Waals surface area contributed by atoms with Crippen molar-refractivity contribution in [3.05, 3.63) is 0 Å². The fourth-order valence-electron chi connectivity index (χ4n) is 4.43. The summed E-state index contributed by atoms with van der Waals surface area (Å²) in [5, 5.41) is 0. The summed E-state index contributed by atoms with van der Waals surface area (Å²) >= 11 is 0. The number of nitrogens with zero attached hydrogens (tertiary/aromatic N) is 1. The summed E-state index contributed by atoms with van der Waals surface area (Å²) < 4.78 is 24.1.